The van der Waals surface area contributed by atoms with Crippen LogP contribution < -0.4 is 88.2 Å². The Morgan fingerprint density at radius 1 is 0.518 bits per heavy atom. The fourth-order valence-electron chi connectivity index (χ4n) is 9.01. The molecule has 3 saturated heterocycles. The number of benzene rings is 8. The van der Waals surface area contributed by atoms with Gasteiger partial charge in [-0.15, -0.1) is 24.0 Å². The van der Waals surface area contributed by atoms with E-state index in [4.69, 9.17) is 56.8 Å². The van der Waals surface area contributed by atoms with Crippen molar-refractivity contribution in [2.75, 3.05) is 154 Å². The molecule has 1 radical (unpaired) electrons. The van der Waals surface area contributed by atoms with Crippen molar-refractivity contribution >= 4 is 148 Å². The summed E-state index contributed by atoms with van der Waals surface area (Å²) in [6.07, 6.45) is 0. The van der Waals surface area contributed by atoms with Gasteiger partial charge in [-0.05, 0) is 48.5 Å². The van der Waals surface area contributed by atoms with Crippen LogP contribution in [0.1, 0.15) is 7.43 Å². The first-order valence-electron chi connectivity index (χ1n) is 26.4. The Morgan fingerprint density at radius 3 is 1.22 bits per heavy atom. The van der Waals surface area contributed by atoms with Gasteiger partial charge >= 0.3 is 51.4 Å². The molecule has 0 aliphatic carbocycles. The van der Waals surface area contributed by atoms with Gasteiger partial charge < -0.3 is 66.1 Å². The standard InChI is InChI=1S/C17H22N2O2.C16H20N2O2.C11H11NO.C10H9NO.C6H12ClNO.CH2O3.CH4.ClH.2K/c1-18-16-6-7-17(15-5-3-2-4-14(15)16)21-13-10-19-8-11-20-12-9-19;17-15-5-6-16(14-4-2-1-3-13(14)15)20-12-9-18-7-10-19-11-8-18;1-12-10-6-7-11(13)9-5-3-2-4-8(9)10;11-9-5-6-10(12)8-4-2-1-3-7(8)9;7-1-2-8-3-5-9-6-4-8;2-1-4-3;;;;/h2-7,18H,8-13H2,1H3;1-6H,7-12,17H2;2-7,12-13H,1H3;1-6,12H,11H2;1-6H2;1,3H;1H4;1H;;/q;;;;;;;;;+1/p-1. The molecule has 0 spiro atoms. The second-order valence-corrected chi connectivity index (χ2v) is 18.6. The van der Waals surface area contributed by atoms with Gasteiger partial charge in [-0.2, -0.15) is 0 Å². The van der Waals surface area contributed by atoms with Crippen molar-refractivity contribution in [3.8, 4) is 23.0 Å². The number of rotatable bonds is 13. The average Bonchev–Trinajstić information content (AvgIpc) is 3.51. The van der Waals surface area contributed by atoms with Crippen molar-refractivity contribution < 1.29 is 100 Å². The third kappa shape index (κ3) is 24.5. The van der Waals surface area contributed by atoms with E-state index in [0.717, 1.165) is 171 Å². The zero-order chi connectivity index (χ0) is 56.0. The molecule has 0 saturated carbocycles. The van der Waals surface area contributed by atoms with Crippen LogP contribution >= 0.6 is 24.0 Å². The van der Waals surface area contributed by atoms with E-state index in [0.29, 0.717) is 24.7 Å². The first-order chi connectivity index (χ1) is 38.7. The maximum absolute atomic E-state index is 9.56. The van der Waals surface area contributed by atoms with Gasteiger partial charge in [0.05, 0.1) is 39.6 Å². The minimum atomic E-state index is -0.181. The first-order valence-corrected chi connectivity index (χ1v) is 27.0. The number of nitrogen functional groups attached to an aromatic ring is 2. The van der Waals surface area contributed by atoms with Gasteiger partial charge in [-0.1, -0.05) is 104 Å². The minimum absolute atomic E-state index is 0. The molecule has 439 valence electrons. The topological polar surface area (TPSA) is 222 Å². The average molecular weight is 1230 g/mol. The summed E-state index contributed by atoms with van der Waals surface area (Å²) in [5, 5.41) is 41.9. The molecule has 8 N–H and O–H groups in total. The number of hydrogen-bond donors (Lipinski definition) is 6. The largest absolute Gasteiger partial charge is 1.00 e. The third-order valence-electron chi connectivity index (χ3n) is 13.3. The van der Waals surface area contributed by atoms with Crippen LogP contribution in [0.4, 0.5) is 22.7 Å². The number of halogens is 2. The first kappa shape index (κ1) is 75.3. The van der Waals surface area contributed by atoms with Crippen LogP contribution in [-0.2, 0) is 23.9 Å². The number of carbonyl (C=O) groups excluding carboxylic acids is 1. The predicted octanol–water partition coefficient (Wildman–Crippen LogP) is 6.11. The van der Waals surface area contributed by atoms with Crippen LogP contribution in [0, 0.1) is 0 Å². The van der Waals surface area contributed by atoms with E-state index in [9.17, 15) is 10.2 Å². The molecule has 3 aliphatic rings. The number of hydrogen-bond acceptors (Lipinski definition) is 17. The molecule has 0 amide bonds. The summed E-state index contributed by atoms with van der Waals surface area (Å²) < 4.78 is 27.8. The molecule has 0 unspecified atom stereocenters. The van der Waals surface area contributed by atoms with Crippen LogP contribution in [0.2, 0.25) is 0 Å². The molecule has 3 fully saturated rings. The number of fused-ring (bicyclic) bond motifs is 4. The van der Waals surface area contributed by atoms with E-state index < -0.39 is 0 Å². The smallest absolute Gasteiger partial charge is 0.662 e. The van der Waals surface area contributed by atoms with Gasteiger partial charge in [0.1, 0.15) is 36.2 Å². The number of ether oxygens (including phenoxy) is 5. The third-order valence-corrected chi connectivity index (χ3v) is 13.4. The number of anilines is 4. The van der Waals surface area contributed by atoms with Crippen LogP contribution in [0.5, 0.6) is 23.0 Å². The van der Waals surface area contributed by atoms with Gasteiger partial charge in [0, 0.05) is 196 Å². The van der Waals surface area contributed by atoms with Gasteiger partial charge in [0.25, 0.3) is 6.47 Å². The molecule has 17 nitrogen and oxygen atoms in total. The number of nitrogens with zero attached hydrogens (tertiary/aromatic N) is 3. The molecule has 0 bridgehead atoms. The maximum Gasteiger partial charge on any atom is 1.00 e. The molecule has 11 rings (SSSR count). The molecule has 83 heavy (non-hydrogen) atoms. The van der Waals surface area contributed by atoms with Crippen molar-refractivity contribution in [2.45, 2.75) is 7.43 Å². The van der Waals surface area contributed by atoms with Gasteiger partial charge in [-0.3, -0.25) is 19.5 Å². The Labute approximate surface area is 585 Å². The summed E-state index contributed by atoms with van der Waals surface area (Å²) in [5.41, 5.74) is 15.4. The Morgan fingerprint density at radius 2 is 0.819 bits per heavy atom. The second kappa shape index (κ2) is 43.0. The van der Waals surface area contributed by atoms with Gasteiger partial charge in [0.2, 0.25) is 0 Å². The Balaban J connectivity index is 0.000000354. The Kier molecular flexibility index (Phi) is 39.0. The molecule has 8 aromatic carbocycles. The van der Waals surface area contributed by atoms with E-state index >= 15 is 0 Å². The zero-order valence-electron chi connectivity index (χ0n) is 47.6. The Bertz CT molecular complexity index is 3040. The van der Waals surface area contributed by atoms with E-state index in [-0.39, 0.29) is 135 Å². The number of nitrogens with one attached hydrogen (secondary N) is 2. The molecule has 0 aromatic heterocycles. The van der Waals surface area contributed by atoms with Gasteiger partial charge in [0.15, 0.2) is 0 Å². The predicted molar refractivity (Wildman–Crippen MR) is 337 cm³/mol. The maximum atomic E-state index is 9.56. The van der Waals surface area contributed by atoms with Crippen molar-refractivity contribution in [3.63, 3.8) is 0 Å². The van der Waals surface area contributed by atoms with Crippen molar-refractivity contribution in [3.05, 3.63) is 146 Å². The zero-order valence-corrected chi connectivity index (χ0v) is 55.4. The molecule has 0 atom stereocenters. The summed E-state index contributed by atoms with van der Waals surface area (Å²) in [4.78, 5) is 18.3. The minimum Gasteiger partial charge on any atom is -0.662 e. The molecule has 8 aromatic rings. The summed E-state index contributed by atoms with van der Waals surface area (Å²) in [7, 11) is 3.82. The fraction of sp³-hybridized carbons (Fsp3) is 0.339. The molecular weight excluding hydrogens is 1150 g/mol. The van der Waals surface area contributed by atoms with Crippen molar-refractivity contribution in [1.29, 1.82) is 0 Å². The normalized spacial score (nSPS) is 13.8. The number of nitrogens with two attached hydrogens (primary N) is 2. The Hall–Kier alpha value is -3.76. The van der Waals surface area contributed by atoms with Crippen LogP contribution in [0.15, 0.2) is 146 Å². The van der Waals surface area contributed by atoms with Crippen LogP contribution in [0.25, 0.3) is 43.1 Å². The molecule has 3 aliphatic heterocycles. The van der Waals surface area contributed by atoms with E-state index in [1.807, 2.05) is 105 Å². The SMILES string of the molecule is C.CNc1ccc(O)c2ccccc12.CNc1ccc(OCCN2CCOCC2)c2ccccc12.Cl.ClCCN1CCOCC1.Nc1ccc(O)c2ccccc12.Nc1ccc(OCCN2CCOCC2)c2ccccc12.O=CO[O-].[K+].[K]. The quantitative estimate of drug-likeness (QED) is 0.0146. The summed E-state index contributed by atoms with van der Waals surface area (Å²) in [6.45, 7) is 15.3. The van der Waals surface area contributed by atoms with E-state index in [1.54, 1.807) is 18.2 Å². The number of phenolic OH excluding ortho intramolecular Hbond substituents is 2. The number of carbonyl (C=O) groups is 1. The number of phenols is 2. The van der Waals surface area contributed by atoms with Crippen LogP contribution in [0.3, 0.4) is 0 Å². The van der Waals surface area contributed by atoms with Gasteiger partial charge in [-0.25, -0.2) is 0 Å². The molecule has 21 heteroatoms. The number of aromatic hydroxyl groups is 2. The summed E-state index contributed by atoms with van der Waals surface area (Å²) in [6, 6.07) is 46.6. The molecular formula is C62H80Cl2K2N7O10. The number of alkyl halides is 1. The van der Waals surface area contributed by atoms with E-state index in [1.165, 1.54) is 5.39 Å². The van der Waals surface area contributed by atoms with E-state index in [2.05, 4.69) is 66.6 Å². The second-order valence-electron chi connectivity index (χ2n) is 18.2. The molecule has 3 heterocycles. The van der Waals surface area contributed by atoms with Crippen LogP contribution in [-0.4, -0.2) is 215 Å². The van der Waals surface area contributed by atoms with Crippen molar-refractivity contribution in [1.82, 2.24) is 14.7 Å². The monoisotopic (exact) mass is 1230 g/mol. The fourth-order valence-corrected chi connectivity index (χ4v) is 9.25. The van der Waals surface area contributed by atoms with Crippen molar-refractivity contribution in [2.24, 2.45) is 0 Å². The summed E-state index contributed by atoms with van der Waals surface area (Å²) >= 11 is 5.55. The number of morpholine rings is 3. The summed E-state index contributed by atoms with van der Waals surface area (Å²) in [5.74, 6) is 3.20.